The summed E-state index contributed by atoms with van der Waals surface area (Å²) in [4.78, 5) is 6.63. The van der Waals surface area contributed by atoms with Crippen molar-refractivity contribution in [3.63, 3.8) is 0 Å². The minimum Gasteiger partial charge on any atom is -0.497 e. The third kappa shape index (κ3) is 4.33. The molecular formula is C17H25N3O. The lowest BCUT2D eigenvalue weighted by molar-refractivity contribution is 0.390. The lowest BCUT2D eigenvalue weighted by atomic mass is 10.1. The third-order valence-corrected chi connectivity index (χ3v) is 3.59. The molecule has 0 unspecified atom stereocenters. The summed E-state index contributed by atoms with van der Waals surface area (Å²) < 4.78 is 5.31. The molecule has 1 heterocycles. The van der Waals surface area contributed by atoms with Crippen LogP contribution in [-0.2, 0) is 0 Å². The first-order valence-corrected chi connectivity index (χ1v) is 7.44. The van der Waals surface area contributed by atoms with Crippen LogP contribution >= 0.6 is 0 Å². The van der Waals surface area contributed by atoms with Crippen molar-refractivity contribution < 1.29 is 4.74 Å². The molecule has 0 spiro atoms. The zero-order chi connectivity index (χ0) is 15.2. The SMILES string of the molecule is COc1ccc2nccc(N[C@@H](C)CCCN(C)C)c2c1. The molecule has 1 aromatic carbocycles. The third-order valence-electron chi connectivity index (χ3n) is 3.59. The highest BCUT2D eigenvalue weighted by atomic mass is 16.5. The number of anilines is 1. The zero-order valence-corrected chi connectivity index (χ0v) is 13.4. The van der Waals surface area contributed by atoms with Gasteiger partial charge in [0.25, 0.3) is 0 Å². The quantitative estimate of drug-likeness (QED) is 0.847. The molecule has 0 bridgehead atoms. The predicted octanol–water partition coefficient (Wildman–Crippen LogP) is 3.39. The molecule has 0 amide bonds. The van der Waals surface area contributed by atoms with Crippen molar-refractivity contribution in [3.05, 3.63) is 30.5 Å². The highest BCUT2D eigenvalue weighted by molar-refractivity contribution is 5.92. The summed E-state index contributed by atoms with van der Waals surface area (Å²) in [5, 5.41) is 4.70. The second-order valence-corrected chi connectivity index (χ2v) is 5.73. The fraction of sp³-hybridized carbons (Fsp3) is 0.471. The minimum atomic E-state index is 0.432. The molecule has 0 saturated heterocycles. The van der Waals surface area contributed by atoms with E-state index in [1.54, 1.807) is 7.11 Å². The zero-order valence-electron chi connectivity index (χ0n) is 13.4. The first-order chi connectivity index (χ1) is 10.1. The van der Waals surface area contributed by atoms with E-state index in [0.717, 1.165) is 35.3 Å². The Hall–Kier alpha value is -1.81. The smallest absolute Gasteiger partial charge is 0.119 e. The van der Waals surface area contributed by atoms with E-state index < -0.39 is 0 Å². The molecule has 4 nitrogen and oxygen atoms in total. The monoisotopic (exact) mass is 287 g/mol. The number of rotatable bonds is 7. The molecule has 2 aromatic rings. The lowest BCUT2D eigenvalue weighted by Crippen LogP contribution is -2.19. The van der Waals surface area contributed by atoms with Crippen molar-refractivity contribution in [2.24, 2.45) is 0 Å². The van der Waals surface area contributed by atoms with Crippen LogP contribution in [-0.4, -0.2) is 43.7 Å². The van der Waals surface area contributed by atoms with Gasteiger partial charge in [0.05, 0.1) is 12.6 Å². The number of benzene rings is 1. The van der Waals surface area contributed by atoms with E-state index in [9.17, 15) is 0 Å². The number of fused-ring (bicyclic) bond motifs is 1. The summed E-state index contributed by atoms with van der Waals surface area (Å²) in [5.41, 5.74) is 2.11. The van der Waals surface area contributed by atoms with Crippen LogP contribution in [0.4, 0.5) is 5.69 Å². The molecule has 0 saturated carbocycles. The van der Waals surface area contributed by atoms with Gasteiger partial charge in [-0.05, 0) is 64.7 Å². The fourth-order valence-corrected chi connectivity index (χ4v) is 2.43. The van der Waals surface area contributed by atoms with Crippen LogP contribution in [0, 0.1) is 0 Å². The number of methoxy groups -OCH3 is 1. The van der Waals surface area contributed by atoms with Gasteiger partial charge in [0.1, 0.15) is 5.75 Å². The predicted molar refractivity (Wildman–Crippen MR) is 89.2 cm³/mol. The number of aromatic nitrogens is 1. The minimum absolute atomic E-state index is 0.432. The van der Waals surface area contributed by atoms with Crippen molar-refractivity contribution in [1.29, 1.82) is 0 Å². The number of nitrogens with zero attached hydrogens (tertiary/aromatic N) is 2. The van der Waals surface area contributed by atoms with Gasteiger partial charge in [0.15, 0.2) is 0 Å². The van der Waals surface area contributed by atoms with Crippen molar-refractivity contribution in [2.75, 3.05) is 33.1 Å². The largest absolute Gasteiger partial charge is 0.497 e. The van der Waals surface area contributed by atoms with E-state index in [1.807, 2.05) is 30.5 Å². The average Bonchev–Trinajstić information content (AvgIpc) is 2.46. The maximum absolute atomic E-state index is 5.31. The van der Waals surface area contributed by atoms with E-state index >= 15 is 0 Å². The van der Waals surface area contributed by atoms with Crippen molar-refractivity contribution in [3.8, 4) is 5.75 Å². The molecule has 21 heavy (non-hydrogen) atoms. The molecule has 0 aliphatic rings. The standard InChI is InChI=1S/C17H25N3O/c1-13(6-5-11-20(2)3)19-17-9-10-18-16-8-7-14(21-4)12-15(16)17/h7-10,12-13H,5-6,11H2,1-4H3,(H,18,19)/t13-/m0/s1. The average molecular weight is 287 g/mol. The van der Waals surface area contributed by atoms with E-state index in [0.29, 0.717) is 6.04 Å². The van der Waals surface area contributed by atoms with Crippen LogP contribution in [0.3, 0.4) is 0 Å². The Kier molecular flexibility index (Phi) is 5.39. The molecule has 1 N–H and O–H groups in total. The highest BCUT2D eigenvalue weighted by Crippen LogP contribution is 2.26. The van der Waals surface area contributed by atoms with Crippen molar-refractivity contribution in [2.45, 2.75) is 25.8 Å². The summed E-state index contributed by atoms with van der Waals surface area (Å²) in [6, 6.07) is 8.44. The van der Waals surface area contributed by atoms with Crippen LogP contribution in [0.25, 0.3) is 10.9 Å². The van der Waals surface area contributed by atoms with Crippen LogP contribution in [0.2, 0.25) is 0 Å². The number of pyridine rings is 1. The highest BCUT2D eigenvalue weighted by Gasteiger charge is 2.07. The maximum Gasteiger partial charge on any atom is 0.119 e. The lowest BCUT2D eigenvalue weighted by Gasteiger charge is -2.18. The second kappa shape index (κ2) is 7.27. The number of ether oxygens (including phenoxy) is 1. The van der Waals surface area contributed by atoms with E-state index in [4.69, 9.17) is 4.74 Å². The van der Waals surface area contributed by atoms with Crippen molar-refractivity contribution >= 4 is 16.6 Å². The number of hydrogen-bond donors (Lipinski definition) is 1. The molecule has 0 aliphatic heterocycles. The van der Waals surface area contributed by atoms with Gasteiger partial charge in [-0.25, -0.2) is 0 Å². The molecule has 1 atom stereocenters. The Morgan fingerprint density at radius 2 is 2.10 bits per heavy atom. The van der Waals surface area contributed by atoms with E-state index in [2.05, 4.69) is 36.2 Å². The summed E-state index contributed by atoms with van der Waals surface area (Å²) in [7, 11) is 5.91. The normalized spacial score (nSPS) is 12.6. The van der Waals surface area contributed by atoms with Gasteiger partial charge >= 0.3 is 0 Å². The second-order valence-electron chi connectivity index (χ2n) is 5.73. The van der Waals surface area contributed by atoms with Gasteiger partial charge < -0.3 is 15.0 Å². The van der Waals surface area contributed by atoms with E-state index in [-0.39, 0.29) is 0 Å². The van der Waals surface area contributed by atoms with Gasteiger partial charge in [-0.15, -0.1) is 0 Å². The van der Waals surface area contributed by atoms with Gasteiger partial charge in [-0.2, -0.15) is 0 Å². The molecule has 0 aliphatic carbocycles. The molecule has 0 fully saturated rings. The van der Waals surface area contributed by atoms with Crippen LogP contribution in [0.5, 0.6) is 5.75 Å². The summed E-state index contributed by atoms with van der Waals surface area (Å²) in [5.74, 6) is 0.860. The molecular weight excluding hydrogens is 262 g/mol. The van der Waals surface area contributed by atoms with Gasteiger partial charge in [0.2, 0.25) is 0 Å². The number of nitrogens with one attached hydrogen (secondary N) is 1. The topological polar surface area (TPSA) is 37.4 Å². The maximum atomic E-state index is 5.31. The molecule has 4 heteroatoms. The van der Waals surface area contributed by atoms with Crippen LogP contribution in [0.15, 0.2) is 30.5 Å². The summed E-state index contributed by atoms with van der Waals surface area (Å²) >= 11 is 0. The van der Waals surface area contributed by atoms with Gasteiger partial charge in [-0.3, -0.25) is 4.98 Å². The Morgan fingerprint density at radius 1 is 1.29 bits per heavy atom. The van der Waals surface area contributed by atoms with Gasteiger partial charge in [-0.1, -0.05) is 0 Å². The van der Waals surface area contributed by atoms with Crippen LogP contribution < -0.4 is 10.1 Å². The Morgan fingerprint density at radius 3 is 2.81 bits per heavy atom. The summed E-state index contributed by atoms with van der Waals surface area (Å²) in [6.45, 7) is 3.35. The first-order valence-electron chi connectivity index (χ1n) is 7.44. The first kappa shape index (κ1) is 15.6. The van der Waals surface area contributed by atoms with Crippen molar-refractivity contribution in [1.82, 2.24) is 9.88 Å². The van der Waals surface area contributed by atoms with Gasteiger partial charge in [0, 0.05) is 23.3 Å². The molecule has 114 valence electrons. The molecule has 0 radical (unpaired) electrons. The van der Waals surface area contributed by atoms with Crippen LogP contribution in [0.1, 0.15) is 19.8 Å². The Bertz CT molecular complexity index is 583. The van der Waals surface area contributed by atoms with E-state index in [1.165, 1.54) is 6.42 Å². The summed E-state index contributed by atoms with van der Waals surface area (Å²) in [6.07, 6.45) is 4.18. The Labute approximate surface area is 127 Å². The molecule has 2 rings (SSSR count). The molecule has 1 aromatic heterocycles. The number of hydrogen-bond acceptors (Lipinski definition) is 4. The fourth-order valence-electron chi connectivity index (χ4n) is 2.43. The Balaban J connectivity index is 2.10.